The number of nitrogens with zero attached hydrogens (tertiary/aromatic N) is 1. The molecule has 0 aliphatic rings. The van der Waals surface area contributed by atoms with E-state index < -0.39 is 0 Å². The van der Waals surface area contributed by atoms with Crippen molar-refractivity contribution in [2.45, 2.75) is 13.2 Å². The Labute approximate surface area is 124 Å². The molecular formula is C18H18N2O. The lowest BCUT2D eigenvalue weighted by atomic mass is 10.1. The van der Waals surface area contributed by atoms with Gasteiger partial charge in [0, 0.05) is 19.0 Å². The van der Waals surface area contributed by atoms with Gasteiger partial charge in [-0.3, -0.25) is 4.98 Å². The zero-order chi connectivity index (χ0) is 14.5. The summed E-state index contributed by atoms with van der Waals surface area (Å²) in [5.41, 5.74) is 4.50. The Kier molecular flexibility index (Phi) is 4.12. The molecule has 106 valence electrons. The molecular weight excluding hydrogens is 260 g/mol. The van der Waals surface area contributed by atoms with Crippen molar-refractivity contribution in [3.8, 4) is 0 Å². The molecule has 1 heterocycles. The third-order valence-electron chi connectivity index (χ3n) is 3.49. The van der Waals surface area contributed by atoms with Crippen LogP contribution in [0.15, 0.2) is 60.8 Å². The highest BCUT2D eigenvalue weighted by Gasteiger charge is 2.02. The molecule has 0 atom stereocenters. The number of methoxy groups -OCH3 is 1. The molecule has 21 heavy (non-hydrogen) atoms. The fourth-order valence-corrected chi connectivity index (χ4v) is 2.39. The Morgan fingerprint density at radius 3 is 2.62 bits per heavy atom. The average Bonchev–Trinajstić information content (AvgIpc) is 2.54. The minimum Gasteiger partial charge on any atom is -0.380 e. The number of benzene rings is 2. The van der Waals surface area contributed by atoms with Crippen molar-refractivity contribution in [1.82, 2.24) is 4.98 Å². The van der Waals surface area contributed by atoms with Crippen molar-refractivity contribution >= 4 is 16.6 Å². The average molecular weight is 278 g/mol. The minimum atomic E-state index is 0.633. The van der Waals surface area contributed by atoms with E-state index in [2.05, 4.69) is 40.6 Å². The summed E-state index contributed by atoms with van der Waals surface area (Å²) in [5.74, 6) is 0. The largest absolute Gasteiger partial charge is 0.380 e. The van der Waals surface area contributed by atoms with Gasteiger partial charge in [-0.15, -0.1) is 0 Å². The van der Waals surface area contributed by atoms with Gasteiger partial charge in [-0.2, -0.15) is 0 Å². The van der Waals surface area contributed by atoms with Crippen molar-refractivity contribution in [3.63, 3.8) is 0 Å². The minimum absolute atomic E-state index is 0.633. The molecule has 0 bridgehead atoms. The number of para-hydroxylation sites is 1. The summed E-state index contributed by atoms with van der Waals surface area (Å²) in [6, 6.07) is 18.6. The standard InChI is InChI=1S/C18H18N2O/c1-21-13-16-8-3-2-7-15(16)11-19-17-10-14-6-4-5-9-18(14)20-12-17/h2-10,12,19H,11,13H2,1H3. The van der Waals surface area contributed by atoms with Crippen LogP contribution >= 0.6 is 0 Å². The van der Waals surface area contributed by atoms with Crippen LogP contribution in [-0.2, 0) is 17.9 Å². The lowest BCUT2D eigenvalue weighted by Gasteiger charge is -2.11. The van der Waals surface area contributed by atoms with Gasteiger partial charge in [0.25, 0.3) is 0 Å². The van der Waals surface area contributed by atoms with Crippen molar-refractivity contribution in [3.05, 3.63) is 71.9 Å². The molecule has 0 radical (unpaired) electrons. The summed E-state index contributed by atoms with van der Waals surface area (Å²) in [7, 11) is 1.72. The van der Waals surface area contributed by atoms with E-state index in [9.17, 15) is 0 Å². The van der Waals surface area contributed by atoms with Gasteiger partial charge in [0.15, 0.2) is 0 Å². The van der Waals surface area contributed by atoms with Crippen LogP contribution < -0.4 is 5.32 Å². The first-order valence-electron chi connectivity index (χ1n) is 7.01. The summed E-state index contributed by atoms with van der Waals surface area (Å²) < 4.78 is 5.24. The van der Waals surface area contributed by atoms with Crippen molar-refractivity contribution < 1.29 is 4.74 Å². The first kappa shape index (κ1) is 13.6. The third-order valence-corrected chi connectivity index (χ3v) is 3.49. The first-order valence-corrected chi connectivity index (χ1v) is 7.01. The van der Waals surface area contributed by atoms with Gasteiger partial charge in [-0.1, -0.05) is 42.5 Å². The van der Waals surface area contributed by atoms with Crippen LogP contribution in [0.5, 0.6) is 0 Å². The highest BCUT2D eigenvalue weighted by atomic mass is 16.5. The molecule has 0 aliphatic heterocycles. The van der Waals surface area contributed by atoms with E-state index in [0.717, 1.165) is 23.1 Å². The lowest BCUT2D eigenvalue weighted by Crippen LogP contribution is -2.03. The second kappa shape index (κ2) is 6.37. The van der Waals surface area contributed by atoms with Crippen LogP contribution in [0.3, 0.4) is 0 Å². The van der Waals surface area contributed by atoms with Crippen molar-refractivity contribution in [1.29, 1.82) is 0 Å². The Balaban J connectivity index is 1.77. The van der Waals surface area contributed by atoms with Crippen LogP contribution in [0.2, 0.25) is 0 Å². The number of aromatic nitrogens is 1. The van der Waals surface area contributed by atoms with Gasteiger partial charge in [-0.25, -0.2) is 0 Å². The fraction of sp³-hybridized carbons (Fsp3) is 0.167. The van der Waals surface area contributed by atoms with Crippen molar-refractivity contribution in [2.75, 3.05) is 12.4 Å². The Hall–Kier alpha value is -2.39. The number of pyridine rings is 1. The zero-order valence-electron chi connectivity index (χ0n) is 12.0. The van der Waals surface area contributed by atoms with Crippen LogP contribution in [0, 0.1) is 0 Å². The summed E-state index contributed by atoms with van der Waals surface area (Å²) >= 11 is 0. The predicted octanol–water partition coefficient (Wildman–Crippen LogP) is 3.99. The summed E-state index contributed by atoms with van der Waals surface area (Å²) in [6.45, 7) is 1.40. The number of rotatable bonds is 5. The molecule has 3 heteroatoms. The van der Waals surface area contributed by atoms with E-state index in [1.165, 1.54) is 11.1 Å². The maximum absolute atomic E-state index is 5.24. The molecule has 0 saturated heterocycles. The molecule has 0 fully saturated rings. The molecule has 2 aromatic carbocycles. The smallest absolute Gasteiger partial charge is 0.0716 e. The van der Waals surface area contributed by atoms with Gasteiger partial charge in [0.1, 0.15) is 0 Å². The maximum atomic E-state index is 5.24. The van der Waals surface area contributed by atoms with Gasteiger partial charge in [0.2, 0.25) is 0 Å². The lowest BCUT2D eigenvalue weighted by molar-refractivity contribution is 0.184. The Morgan fingerprint density at radius 2 is 1.76 bits per heavy atom. The molecule has 1 N–H and O–H groups in total. The second-order valence-corrected chi connectivity index (χ2v) is 4.97. The first-order chi connectivity index (χ1) is 10.4. The van der Waals surface area contributed by atoms with E-state index in [4.69, 9.17) is 4.74 Å². The number of hydrogen-bond acceptors (Lipinski definition) is 3. The number of fused-ring (bicyclic) bond motifs is 1. The molecule has 3 aromatic rings. The van der Waals surface area contributed by atoms with Crippen molar-refractivity contribution in [2.24, 2.45) is 0 Å². The van der Waals surface area contributed by atoms with Crippen LogP contribution in [0.25, 0.3) is 10.9 Å². The second-order valence-electron chi connectivity index (χ2n) is 4.97. The number of nitrogens with one attached hydrogen (secondary N) is 1. The van der Waals surface area contributed by atoms with E-state index in [1.54, 1.807) is 7.11 Å². The van der Waals surface area contributed by atoms with Crippen LogP contribution in [-0.4, -0.2) is 12.1 Å². The van der Waals surface area contributed by atoms with E-state index >= 15 is 0 Å². The van der Waals surface area contributed by atoms with Crippen LogP contribution in [0.1, 0.15) is 11.1 Å². The Morgan fingerprint density at radius 1 is 1.00 bits per heavy atom. The maximum Gasteiger partial charge on any atom is 0.0716 e. The van der Waals surface area contributed by atoms with Crippen LogP contribution in [0.4, 0.5) is 5.69 Å². The monoisotopic (exact) mass is 278 g/mol. The topological polar surface area (TPSA) is 34.1 Å². The quantitative estimate of drug-likeness (QED) is 0.766. The van der Waals surface area contributed by atoms with Gasteiger partial charge in [-0.05, 0) is 23.3 Å². The number of hydrogen-bond donors (Lipinski definition) is 1. The van der Waals surface area contributed by atoms with E-state index in [-0.39, 0.29) is 0 Å². The zero-order valence-corrected chi connectivity index (χ0v) is 12.0. The van der Waals surface area contributed by atoms with E-state index in [1.807, 2.05) is 30.5 Å². The molecule has 1 aromatic heterocycles. The highest BCUT2D eigenvalue weighted by Crippen LogP contribution is 2.18. The molecule has 0 amide bonds. The highest BCUT2D eigenvalue weighted by molar-refractivity contribution is 5.81. The third kappa shape index (κ3) is 3.20. The predicted molar refractivity (Wildman–Crippen MR) is 86.2 cm³/mol. The fourth-order valence-electron chi connectivity index (χ4n) is 2.39. The van der Waals surface area contributed by atoms with Gasteiger partial charge in [0.05, 0.1) is 24.0 Å². The van der Waals surface area contributed by atoms with E-state index in [0.29, 0.717) is 6.61 Å². The molecule has 3 nitrogen and oxygen atoms in total. The molecule has 0 saturated carbocycles. The molecule has 0 unspecified atom stereocenters. The summed E-state index contributed by atoms with van der Waals surface area (Å²) in [6.07, 6.45) is 1.88. The molecule has 0 aliphatic carbocycles. The SMILES string of the molecule is COCc1ccccc1CNc1cnc2ccccc2c1. The number of ether oxygens (including phenoxy) is 1. The van der Waals surface area contributed by atoms with Gasteiger partial charge >= 0.3 is 0 Å². The molecule has 0 spiro atoms. The Bertz CT molecular complexity index is 740. The molecule has 3 rings (SSSR count). The van der Waals surface area contributed by atoms with Gasteiger partial charge < -0.3 is 10.1 Å². The summed E-state index contributed by atoms with van der Waals surface area (Å²) in [4.78, 5) is 4.47. The summed E-state index contributed by atoms with van der Waals surface area (Å²) in [5, 5.41) is 4.58. The number of anilines is 1. The normalized spacial score (nSPS) is 10.7.